The van der Waals surface area contributed by atoms with E-state index in [1.54, 1.807) is 6.07 Å². The van der Waals surface area contributed by atoms with Crippen molar-refractivity contribution in [1.29, 1.82) is 0 Å². The van der Waals surface area contributed by atoms with Crippen LogP contribution in [0.2, 0.25) is 0 Å². The van der Waals surface area contributed by atoms with E-state index in [4.69, 9.17) is 10.9 Å². The van der Waals surface area contributed by atoms with Crippen LogP contribution in [-0.2, 0) is 0 Å². The summed E-state index contributed by atoms with van der Waals surface area (Å²) in [4.78, 5) is 17.5. The molecule has 0 saturated heterocycles. The Kier molecular flexibility index (Phi) is 3.64. The highest BCUT2D eigenvalue weighted by Gasteiger charge is 2.09. The van der Waals surface area contributed by atoms with Crippen molar-refractivity contribution in [2.75, 3.05) is 18.0 Å². The summed E-state index contributed by atoms with van der Waals surface area (Å²) in [6.07, 6.45) is 1.84. The summed E-state index contributed by atoms with van der Waals surface area (Å²) in [5.74, 6) is 0.843. The first-order valence-corrected chi connectivity index (χ1v) is 5.79. The van der Waals surface area contributed by atoms with Crippen LogP contribution in [0.5, 0.6) is 0 Å². The zero-order chi connectivity index (χ0) is 13.8. The highest BCUT2D eigenvalue weighted by atomic mass is 16.4. The van der Waals surface area contributed by atoms with Crippen LogP contribution in [0, 0.1) is 0 Å². The largest absolute Gasteiger partial charge is 0.409 e. The highest BCUT2D eigenvalue weighted by Crippen LogP contribution is 2.11. The van der Waals surface area contributed by atoms with Gasteiger partial charge in [-0.05, 0) is 6.92 Å². The fourth-order valence-electron chi connectivity index (χ4n) is 1.71. The van der Waals surface area contributed by atoms with Crippen molar-refractivity contribution in [3.05, 3.63) is 22.9 Å². The van der Waals surface area contributed by atoms with Gasteiger partial charge >= 0.3 is 5.69 Å². The molecule has 0 saturated carbocycles. The molecular formula is C10H15N7O2. The first-order chi connectivity index (χ1) is 9.15. The summed E-state index contributed by atoms with van der Waals surface area (Å²) >= 11 is 0. The van der Waals surface area contributed by atoms with E-state index < -0.39 is 0 Å². The molecular weight excluding hydrogens is 250 g/mol. The Hall–Kier alpha value is -2.58. The van der Waals surface area contributed by atoms with Crippen molar-refractivity contribution < 1.29 is 5.21 Å². The number of nitrogens with two attached hydrogens (primary N) is 1. The standard InChI is InChI=1S/C10H15N7O2/c1-2-16(4-3-7(11)15-19)8-5-9-13-14-10(18)17(9)6-12-8/h5-6,19H,2-4H2,1H3,(H2,11,15)(H,14,18). The number of anilines is 1. The van der Waals surface area contributed by atoms with Gasteiger partial charge < -0.3 is 15.8 Å². The number of hydrogen-bond acceptors (Lipinski definition) is 6. The minimum Gasteiger partial charge on any atom is -0.409 e. The van der Waals surface area contributed by atoms with E-state index in [1.165, 1.54) is 10.7 Å². The summed E-state index contributed by atoms with van der Waals surface area (Å²) in [6, 6.07) is 1.70. The quantitative estimate of drug-likeness (QED) is 0.286. The maximum Gasteiger partial charge on any atom is 0.348 e. The average Bonchev–Trinajstić information content (AvgIpc) is 2.80. The average molecular weight is 265 g/mol. The molecule has 0 atom stereocenters. The maximum atomic E-state index is 11.3. The molecule has 9 nitrogen and oxygen atoms in total. The van der Waals surface area contributed by atoms with Crippen molar-refractivity contribution >= 4 is 17.3 Å². The van der Waals surface area contributed by atoms with Gasteiger partial charge in [-0.25, -0.2) is 19.3 Å². The van der Waals surface area contributed by atoms with Crippen LogP contribution in [0.4, 0.5) is 5.82 Å². The molecule has 2 aromatic rings. The Morgan fingerprint density at radius 3 is 3.16 bits per heavy atom. The number of aromatic nitrogens is 4. The van der Waals surface area contributed by atoms with Crippen molar-refractivity contribution in [3.63, 3.8) is 0 Å². The first-order valence-electron chi connectivity index (χ1n) is 5.79. The van der Waals surface area contributed by atoms with Crippen molar-refractivity contribution in [3.8, 4) is 0 Å². The van der Waals surface area contributed by atoms with E-state index in [0.29, 0.717) is 31.0 Å². The molecule has 9 heteroatoms. The molecule has 0 aliphatic carbocycles. The van der Waals surface area contributed by atoms with Gasteiger partial charge in [-0.3, -0.25) is 0 Å². The van der Waals surface area contributed by atoms with Crippen LogP contribution < -0.4 is 16.3 Å². The van der Waals surface area contributed by atoms with E-state index in [-0.39, 0.29) is 11.5 Å². The molecule has 2 heterocycles. The monoisotopic (exact) mass is 265 g/mol. The Morgan fingerprint density at radius 2 is 2.47 bits per heavy atom. The van der Waals surface area contributed by atoms with Gasteiger partial charge in [0.05, 0.1) is 0 Å². The third kappa shape index (κ3) is 2.64. The van der Waals surface area contributed by atoms with Gasteiger partial charge in [-0.15, -0.1) is 0 Å². The van der Waals surface area contributed by atoms with E-state index in [0.717, 1.165) is 0 Å². The number of H-pyrrole nitrogens is 1. The highest BCUT2D eigenvalue weighted by molar-refractivity contribution is 5.80. The van der Waals surface area contributed by atoms with Gasteiger partial charge in [-0.2, -0.15) is 5.10 Å². The van der Waals surface area contributed by atoms with Crippen LogP contribution >= 0.6 is 0 Å². The van der Waals surface area contributed by atoms with Crippen molar-refractivity contribution in [2.45, 2.75) is 13.3 Å². The number of aromatic amines is 1. The van der Waals surface area contributed by atoms with Gasteiger partial charge in [0.1, 0.15) is 18.0 Å². The molecule has 102 valence electrons. The predicted octanol–water partition coefficient (Wildman–Crippen LogP) is -0.620. The third-order valence-corrected chi connectivity index (χ3v) is 2.77. The second-order valence-corrected chi connectivity index (χ2v) is 3.93. The van der Waals surface area contributed by atoms with Crippen LogP contribution in [-0.4, -0.2) is 43.7 Å². The number of oxime groups is 1. The van der Waals surface area contributed by atoms with Gasteiger partial charge in [0.25, 0.3) is 0 Å². The van der Waals surface area contributed by atoms with Crippen molar-refractivity contribution in [2.24, 2.45) is 10.9 Å². The smallest absolute Gasteiger partial charge is 0.348 e. The summed E-state index contributed by atoms with van der Waals surface area (Å²) in [5, 5.41) is 17.7. The van der Waals surface area contributed by atoms with Gasteiger partial charge in [-0.1, -0.05) is 5.16 Å². The topological polar surface area (TPSA) is 125 Å². The second kappa shape index (κ2) is 5.38. The Labute approximate surface area is 108 Å². The molecule has 0 bridgehead atoms. The van der Waals surface area contributed by atoms with E-state index >= 15 is 0 Å². The minimum atomic E-state index is -0.325. The van der Waals surface area contributed by atoms with Crippen LogP contribution in [0.3, 0.4) is 0 Å². The number of nitrogens with zero attached hydrogens (tertiary/aromatic N) is 5. The molecule has 2 rings (SSSR count). The van der Waals surface area contributed by atoms with E-state index in [2.05, 4.69) is 20.3 Å². The lowest BCUT2D eigenvalue weighted by Gasteiger charge is -2.21. The zero-order valence-electron chi connectivity index (χ0n) is 10.4. The molecule has 0 aromatic carbocycles. The lowest BCUT2D eigenvalue weighted by molar-refractivity contribution is 0.317. The third-order valence-electron chi connectivity index (χ3n) is 2.77. The number of amidine groups is 1. The van der Waals surface area contributed by atoms with E-state index in [9.17, 15) is 4.79 Å². The fraction of sp³-hybridized carbons (Fsp3) is 0.400. The molecule has 0 aliphatic rings. The Balaban J connectivity index is 2.22. The first kappa shape index (κ1) is 12.9. The zero-order valence-corrected chi connectivity index (χ0v) is 10.4. The number of nitrogens with one attached hydrogen (secondary N) is 1. The summed E-state index contributed by atoms with van der Waals surface area (Å²) in [6.45, 7) is 3.23. The Morgan fingerprint density at radius 1 is 1.68 bits per heavy atom. The summed E-state index contributed by atoms with van der Waals surface area (Å²) < 4.78 is 1.32. The maximum absolute atomic E-state index is 11.3. The van der Waals surface area contributed by atoms with Crippen LogP contribution in [0.25, 0.3) is 5.65 Å². The van der Waals surface area contributed by atoms with Crippen LogP contribution in [0.15, 0.2) is 22.3 Å². The van der Waals surface area contributed by atoms with Gasteiger partial charge in [0.2, 0.25) is 0 Å². The summed E-state index contributed by atoms with van der Waals surface area (Å²) in [7, 11) is 0. The normalized spacial score (nSPS) is 11.9. The molecule has 0 radical (unpaired) electrons. The minimum absolute atomic E-state index is 0.163. The van der Waals surface area contributed by atoms with Crippen LogP contribution in [0.1, 0.15) is 13.3 Å². The fourth-order valence-corrected chi connectivity index (χ4v) is 1.71. The second-order valence-electron chi connectivity index (χ2n) is 3.93. The lowest BCUT2D eigenvalue weighted by atomic mass is 10.3. The van der Waals surface area contributed by atoms with Gasteiger partial charge in [0.15, 0.2) is 5.65 Å². The molecule has 0 amide bonds. The lowest BCUT2D eigenvalue weighted by Crippen LogP contribution is -2.29. The molecule has 0 aliphatic heterocycles. The van der Waals surface area contributed by atoms with Crippen molar-refractivity contribution in [1.82, 2.24) is 19.6 Å². The molecule has 19 heavy (non-hydrogen) atoms. The number of hydrogen-bond donors (Lipinski definition) is 3. The number of fused-ring (bicyclic) bond motifs is 1. The SMILES string of the molecule is CCN(CCC(N)=NO)c1cc2n[nH]c(=O)n2cn1. The summed E-state index contributed by atoms with van der Waals surface area (Å²) in [5.41, 5.74) is 5.61. The molecule has 2 aromatic heterocycles. The van der Waals surface area contributed by atoms with E-state index in [1.807, 2.05) is 11.8 Å². The predicted molar refractivity (Wildman–Crippen MR) is 69.5 cm³/mol. The number of rotatable bonds is 5. The molecule has 4 N–H and O–H groups in total. The molecule has 0 spiro atoms. The molecule has 0 unspecified atom stereocenters. The Bertz CT molecular complexity index is 645. The molecule has 0 fully saturated rings. The van der Waals surface area contributed by atoms with Gasteiger partial charge in [0, 0.05) is 25.6 Å².